The first-order chi connectivity index (χ1) is 9.93. The minimum Gasteiger partial charge on any atom is -0.326 e. The average Bonchev–Trinajstić information content (AvgIpc) is 2.46. The fraction of sp³-hybridized carbons (Fsp3) is 0.0769. The first-order valence-corrected chi connectivity index (χ1v) is 6.65. The molecule has 2 rings (SSSR count). The van der Waals surface area contributed by atoms with Crippen molar-refractivity contribution in [2.24, 2.45) is 5.73 Å². The van der Waals surface area contributed by atoms with Crippen molar-refractivity contribution in [3.05, 3.63) is 66.7 Å². The van der Waals surface area contributed by atoms with E-state index in [1.54, 1.807) is 18.2 Å². The van der Waals surface area contributed by atoms with Gasteiger partial charge in [-0.1, -0.05) is 28.1 Å². The molecular weight excluding hydrogens is 342 g/mol. The number of nitro groups is 2. The maximum absolute atomic E-state index is 11.2. The first kappa shape index (κ1) is 15.1. The van der Waals surface area contributed by atoms with Crippen molar-refractivity contribution in [1.29, 1.82) is 0 Å². The molecule has 0 aliphatic carbocycles. The van der Waals surface area contributed by atoms with Crippen LogP contribution < -0.4 is 5.73 Å². The quantitative estimate of drug-likeness (QED) is 0.669. The van der Waals surface area contributed by atoms with Gasteiger partial charge in [-0.2, -0.15) is 0 Å². The zero-order chi connectivity index (χ0) is 15.6. The lowest BCUT2D eigenvalue weighted by Crippen LogP contribution is -1.98. The van der Waals surface area contributed by atoms with E-state index >= 15 is 0 Å². The molecule has 108 valence electrons. The number of nitro benzene ring substituents is 2. The second-order valence-electron chi connectivity index (χ2n) is 4.23. The lowest BCUT2D eigenvalue weighted by atomic mass is 10.0. The first-order valence-electron chi connectivity index (χ1n) is 5.85. The van der Waals surface area contributed by atoms with E-state index in [4.69, 9.17) is 5.73 Å². The number of rotatable bonds is 4. The van der Waals surface area contributed by atoms with E-state index in [1.165, 1.54) is 12.1 Å². The maximum atomic E-state index is 11.2. The Hall–Kier alpha value is -2.32. The highest BCUT2D eigenvalue weighted by molar-refractivity contribution is 9.10. The van der Waals surface area contributed by atoms with Crippen molar-refractivity contribution in [3.8, 4) is 11.1 Å². The van der Waals surface area contributed by atoms with E-state index in [2.05, 4.69) is 15.9 Å². The molecule has 0 bridgehead atoms. The molecule has 0 aliphatic heterocycles. The standard InChI is InChI=1S/C13H10BrN3O4/c14-12-5-8(7-15)1-3-10(12)11-4-2-9(16(18)19)6-13(11)17(20)21/h1-6H,7,15H2. The van der Waals surface area contributed by atoms with Crippen LogP contribution in [0.15, 0.2) is 40.9 Å². The van der Waals surface area contributed by atoms with Crippen LogP contribution in [0.5, 0.6) is 0 Å². The molecule has 2 aromatic carbocycles. The molecular formula is C13H10BrN3O4. The van der Waals surface area contributed by atoms with Crippen LogP contribution in [-0.2, 0) is 6.54 Å². The molecule has 0 saturated heterocycles. The van der Waals surface area contributed by atoms with Gasteiger partial charge in [-0.15, -0.1) is 0 Å². The van der Waals surface area contributed by atoms with E-state index < -0.39 is 9.85 Å². The Labute approximate surface area is 127 Å². The highest BCUT2D eigenvalue weighted by Gasteiger charge is 2.21. The summed E-state index contributed by atoms with van der Waals surface area (Å²) in [5, 5.41) is 21.9. The van der Waals surface area contributed by atoms with Crippen LogP contribution in [0.2, 0.25) is 0 Å². The van der Waals surface area contributed by atoms with Crippen molar-refractivity contribution in [2.75, 3.05) is 0 Å². The van der Waals surface area contributed by atoms with Crippen molar-refractivity contribution in [2.45, 2.75) is 6.54 Å². The maximum Gasteiger partial charge on any atom is 0.284 e. The van der Waals surface area contributed by atoms with E-state index in [1.807, 2.05) is 0 Å². The highest BCUT2D eigenvalue weighted by atomic mass is 79.9. The molecule has 0 aromatic heterocycles. The van der Waals surface area contributed by atoms with Crippen LogP contribution in [-0.4, -0.2) is 9.85 Å². The number of hydrogen-bond donors (Lipinski definition) is 1. The molecule has 0 spiro atoms. The zero-order valence-electron chi connectivity index (χ0n) is 10.7. The summed E-state index contributed by atoms with van der Waals surface area (Å²) < 4.78 is 0.641. The molecule has 2 aromatic rings. The van der Waals surface area contributed by atoms with E-state index in [9.17, 15) is 20.2 Å². The second kappa shape index (κ2) is 5.98. The van der Waals surface area contributed by atoms with Gasteiger partial charge in [-0.05, 0) is 17.7 Å². The predicted octanol–water partition coefficient (Wildman–Crippen LogP) is 3.39. The number of halogens is 1. The molecule has 7 nitrogen and oxygen atoms in total. The Bertz CT molecular complexity index is 733. The summed E-state index contributed by atoms with van der Waals surface area (Å²) in [6.07, 6.45) is 0. The van der Waals surface area contributed by atoms with Gasteiger partial charge in [0.1, 0.15) is 0 Å². The Morgan fingerprint density at radius 2 is 1.67 bits per heavy atom. The molecule has 21 heavy (non-hydrogen) atoms. The summed E-state index contributed by atoms with van der Waals surface area (Å²) in [4.78, 5) is 20.6. The van der Waals surface area contributed by atoms with Crippen LogP contribution in [0, 0.1) is 20.2 Å². The molecule has 2 N–H and O–H groups in total. The SMILES string of the molecule is NCc1ccc(-c2ccc([N+](=O)[O-])cc2[N+](=O)[O-])c(Br)c1. The summed E-state index contributed by atoms with van der Waals surface area (Å²) in [5.74, 6) is 0. The second-order valence-corrected chi connectivity index (χ2v) is 5.09. The summed E-state index contributed by atoms with van der Waals surface area (Å²) in [6, 6.07) is 8.79. The van der Waals surface area contributed by atoms with Gasteiger partial charge in [-0.25, -0.2) is 0 Å². The van der Waals surface area contributed by atoms with Crippen molar-refractivity contribution >= 4 is 27.3 Å². The fourth-order valence-corrected chi connectivity index (χ4v) is 2.56. The number of non-ortho nitro benzene ring substituents is 1. The molecule has 0 radical (unpaired) electrons. The fourth-order valence-electron chi connectivity index (χ4n) is 1.92. The number of nitrogens with two attached hydrogens (primary N) is 1. The van der Waals surface area contributed by atoms with Crippen molar-refractivity contribution in [1.82, 2.24) is 0 Å². The minimum atomic E-state index is -0.663. The number of hydrogen-bond acceptors (Lipinski definition) is 5. The summed E-state index contributed by atoms with van der Waals surface area (Å²) in [6.45, 7) is 0.348. The lowest BCUT2D eigenvalue weighted by Gasteiger charge is -2.07. The van der Waals surface area contributed by atoms with Crippen LogP contribution in [0.4, 0.5) is 11.4 Å². The Balaban J connectivity index is 2.63. The van der Waals surface area contributed by atoms with E-state index in [0.717, 1.165) is 11.6 Å². The van der Waals surface area contributed by atoms with Gasteiger partial charge in [-0.3, -0.25) is 20.2 Å². The molecule has 0 aliphatic rings. The van der Waals surface area contributed by atoms with Crippen LogP contribution in [0.3, 0.4) is 0 Å². The summed E-state index contributed by atoms with van der Waals surface area (Å²) in [7, 11) is 0. The molecule has 0 amide bonds. The lowest BCUT2D eigenvalue weighted by molar-refractivity contribution is -0.393. The Morgan fingerprint density at radius 1 is 1.00 bits per heavy atom. The predicted molar refractivity (Wildman–Crippen MR) is 80.8 cm³/mol. The molecule has 0 saturated carbocycles. The van der Waals surface area contributed by atoms with Crippen LogP contribution in [0.25, 0.3) is 11.1 Å². The molecule has 0 atom stereocenters. The van der Waals surface area contributed by atoms with Gasteiger partial charge in [0.05, 0.1) is 21.5 Å². The molecule has 0 heterocycles. The smallest absolute Gasteiger partial charge is 0.284 e. The average molecular weight is 352 g/mol. The Kier molecular flexibility index (Phi) is 4.29. The number of nitrogens with zero attached hydrogens (tertiary/aromatic N) is 2. The molecule has 8 heteroatoms. The van der Waals surface area contributed by atoms with Crippen molar-refractivity contribution < 1.29 is 9.85 Å². The third-order valence-corrected chi connectivity index (χ3v) is 3.60. The molecule has 0 unspecified atom stereocenters. The van der Waals surface area contributed by atoms with E-state index in [0.29, 0.717) is 22.1 Å². The van der Waals surface area contributed by atoms with Gasteiger partial charge in [0.25, 0.3) is 11.4 Å². The van der Waals surface area contributed by atoms with Gasteiger partial charge in [0.15, 0.2) is 0 Å². The van der Waals surface area contributed by atoms with Gasteiger partial charge in [0.2, 0.25) is 0 Å². The number of benzene rings is 2. The van der Waals surface area contributed by atoms with E-state index in [-0.39, 0.29) is 11.4 Å². The third kappa shape index (κ3) is 3.06. The van der Waals surface area contributed by atoms with Crippen LogP contribution in [0.1, 0.15) is 5.56 Å². The van der Waals surface area contributed by atoms with Crippen molar-refractivity contribution in [3.63, 3.8) is 0 Å². The Morgan fingerprint density at radius 3 is 2.19 bits per heavy atom. The highest BCUT2D eigenvalue weighted by Crippen LogP contribution is 2.37. The van der Waals surface area contributed by atoms with Gasteiger partial charge in [0, 0.05) is 22.6 Å². The van der Waals surface area contributed by atoms with Crippen LogP contribution >= 0.6 is 15.9 Å². The summed E-state index contributed by atoms with van der Waals surface area (Å²) in [5.41, 5.74) is 6.66. The molecule has 0 fully saturated rings. The summed E-state index contributed by atoms with van der Waals surface area (Å²) >= 11 is 3.34. The largest absolute Gasteiger partial charge is 0.326 e. The minimum absolute atomic E-state index is 0.307. The monoisotopic (exact) mass is 351 g/mol. The third-order valence-electron chi connectivity index (χ3n) is 2.95. The zero-order valence-corrected chi connectivity index (χ0v) is 12.2. The van der Waals surface area contributed by atoms with Gasteiger partial charge < -0.3 is 5.73 Å². The normalized spacial score (nSPS) is 10.4. The topological polar surface area (TPSA) is 112 Å². The van der Waals surface area contributed by atoms with Gasteiger partial charge >= 0.3 is 0 Å².